The van der Waals surface area contributed by atoms with Crippen molar-refractivity contribution in [3.05, 3.63) is 49.0 Å². The average Bonchev–Trinajstić information content (AvgIpc) is 2.68. The number of hydrogen-bond donors (Lipinski definition) is 1. The monoisotopic (exact) mass is 214 g/mol. The van der Waals surface area contributed by atoms with Gasteiger partial charge in [0.2, 0.25) is 0 Å². The Morgan fingerprint density at radius 3 is 3.06 bits per heavy atom. The lowest BCUT2D eigenvalue weighted by molar-refractivity contribution is 1.07. The molecule has 2 rings (SSSR count). The van der Waals surface area contributed by atoms with Gasteiger partial charge in [0.1, 0.15) is 12.0 Å². The van der Waals surface area contributed by atoms with Crippen LogP contribution in [0.5, 0.6) is 0 Å². The standard InChI is InChI=1S/C12H14N4/c1-4-5-13-10(3)12-11-6-14-9(2)7-16(11)8-15-12/h4-8,13H,3H2,1-2H3/b5-4-. The number of aromatic nitrogens is 3. The Balaban J connectivity index is 2.42. The Kier molecular flexibility index (Phi) is 2.72. The lowest BCUT2D eigenvalue weighted by Crippen LogP contribution is -2.03. The molecule has 0 bridgehead atoms. The molecule has 0 aliphatic rings. The SMILES string of the molecule is C=C(N/C=C\C)c1ncn2cc(C)ncc12. The van der Waals surface area contributed by atoms with Gasteiger partial charge in [-0.1, -0.05) is 12.7 Å². The summed E-state index contributed by atoms with van der Waals surface area (Å²) in [7, 11) is 0. The molecule has 0 saturated heterocycles. The van der Waals surface area contributed by atoms with Gasteiger partial charge in [0, 0.05) is 6.20 Å². The summed E-state index contributed by atoms with van der Waals surface area (Å²) in [5.41, 5.74) is 3.51. The first-order chi connectivity index (χ1) is 7.72. The maximum Gasteiger partial charge on any atom is 0.113 e. The third kappa shape index (κ3) is 1.82. The van der Waals surface area contributed by atoms with E-state index in [2.05, 4.69) is 21.9 Å². The van der Waals surface area contributed by atoms with Gasteiger partial charge in [0.05, 0.1) is 23.1 Å². The summed E-state index contributed by atoms with van der Waals surface area (Å²) < 4.78 is 1.94. The van der Waals surface area contributed by atoms with E-state index in [1.807, 2.05) is 36.7 Å². The molecule has 2 aromatic rings. The van der Waals surface area contributed by atoms with E-state index in [0.717, 1.165) is 22.6 Å². The van der Waals surface area contributed by atoms with E-state index in [4.69, 9.17) is 0 Å². The smallest absolute Gasteiger partial charge is 0.113 e. The zero-order chi connectivity index (χ0) is 11.5. The van der Waals surface area contributed by atoms with E-state index >= 15 is 0 Å². The maximum atomic E-state index is 4.32. The number of rotatable bonds is 3. The highest BCUT2D eigenvalue weighted by molar-refractivity contribution is 5.73. The molecule has 2 aromatic heterocycles. The van der Waals surface area contributed by atoms with Crippen molar-refractivity contribution < 1.29 is 0 Å². The second kappa shape index (κ2) is 4.18. The number of allylic oxidation sites excluding steroid dienone is 1. The molecule has 0 amide bonds. The van der Waals surface area contributed by atoms with Gasteiger partial charge in [0.15, 0.2) is 0 Å². The minimum Gasteiger partial charge on any atom is -0.361 e. The Labute approximate surface area is 94.3 Å². The van der Waals surface area contributed by atoms with Crippen molar-refractivity contribution in [2.24, 2.45) is 0 Å². The normalized spacial score (nSPS) is 11.1. The lowest BCUT2D eigenvalue weighted by atomic mass is 10.3. The molecular formula is C12H14N4. The van der Waals surface area contributed by atoms with Crippen LogP contribution in [0.15, 0.2) is 37.6 Å². The summed E-state index contributed by atoms with van der Waals surface area (Å²) in [6.07, 6.45) is 9.25. The molecule has 0 radical (unpaired) electrons. The van der Waals surface area contributed by atoms with Crippen molar-refractivity contribution in [3.63, 3.8) is 0 Å². The van der Waals surface area contributed by atoms with E-state index in [-0.39, 0.29) is 0 Å². The highest BCUT2D eigenvalue weighted by Crippen LogP contribution is 2.14. The van der Waals surface area contributed by atoms with Gasteiger partial charge in [-0.15, -0.1) is 0 Å². The molecule has 2 heterocycles. The van der Waals surface area contributed by atoms with Crippen LogP contribution in [0.25, 0.3) is 11.2 Å². The summed E-state index contributed by atoms with van der Waals surface area (Å²) in [6.45, 7) is 7.83. The third-order valence-corrected chi connectivity index (χ3v) is 2.26. The number of hydrogen-bond acceptors (Lipinski definition) is 3. The van der Waals surface area contributed by atoms with E-state index in [9.17, 15) is 0 Å². The van der Waals surface area contributed by atoms with Gasteiger partial charge in [-0.05, 0) is 20.0 Å². The predicted octanol–water partition coefficient (Wildman–Crippen LogP) is 2.13. The summed E-state index contributed by atoms with van der Waals surface area (Å²) in [5, 5.41) is 3.06. The number of nitrogens with zero attached hydrogens (tertiary/aromatic N) is 3. The molecule has 0 spiro atoms. The molecule has 16 heavy (non-hydrogen) atoms. The number of imidazole rings is 1. The molecule has 0 atom stereocenters. The molecule has 0 fully saturated rings. The van der Waals surface area contributed by atoms with Gasteiger partial charge in [-0.3, -0.25) is 4.98 Å². The lowest BCUT2D eigenvalue weighted by Gasteiger charge is -2.02. The highest BCUT2D eigenvalue weighted by atomic mass is 15.0. The first-order valence-electron chi connectivity index (χ1n) is 5.08. The molecular weight excluding hydrogens is 200 g/mol. The van der Waals surface area contributed by atoms with E-state index in [1.165, 1.54) is 0 Å². The molecule has 0 saturated carbocycles. The summed E-state index contributed by atoms with van der Waals surface area (Å²) in [5.74, 6) is 0. The molecule has 82 valence electrons. The van der Waals surface area contributed by atoms with Crippen molar-refractivity contribution >= 4 is 11.2 Å². The van der Waals surface area contributed by atoms with Gasteiger partial charge < -0.3 is 9.72 Å². The fourth-order valence-electron chi connectivity index (χ4n) is 1.48. The number of aryl methyl sites for hydroxylation is 1. The van der Waals surface area contributed by atoms with Crippen molar-refractivity contribution in [1.29, 1.82) is 0 Å². The molecule has 4 nitrogen and oxygen atoms in total. The zero-order valence-corrected chi connectivity index (χ0v) is 9.44. The zero-order valence-electron chi connectivity index (χ0n) is 9.44. The quantitative estimate of drug-likeness (QED) is 0.851. The van der Waals surface area contributed by atoms with Crippen LogP contribution in [0.1, 0.15) is 18.3 Å². The predicted molar refractivity (Wildman–Crippen MR) is 64.7 cm³/mol. The fraction of sp³-hybridized carbons (Fsp3) is 0.167. The first kappa shape index (κ1) is 10.4. The number of fused-ring (bicyclic) bond motifs is 1. The molecule has 1 N–H and O–H groups in total. The van der Waals surface area contributed by atoms with Gasteiger partial charge in [-0.2, -0.15) is 0 Å². The van der Waals surface area contributed by atoms with E-state index < -0.39 is 0 Å². The summed E-state index contributed by atoms with van der Waals surface area (Å²) in [6, 6.07) is 0. The Morgan fingerprint density at radius 1 is 1.50 bits per heavy atom. The minimum absolute atomic E-state index is 0.770. The van der Waals surface area contributed by atoms with Crippen LogP contribution in [0.2, 0.25) is 0 Å². The molecule has 4 heteroatoms. The van der Waals surface area contributed by atoms with Crippen LogP contribution in [0, 0.1) is 6.92 Å². The van der Waals surface area contributed by atoms with E-state index in [1.54, 1.807) is 12.5 Å². The van der Waals surface area contributed by atoms with E-state index in [0.29, 0.717) is 0 Å². The van der Waals surface area contributed by atoms with Crippen LogP contribution in [-0.2, 0) is 0 Å². The second-order valence-corrected chi connectivity index (χ2v) is 3.54. The fourth-order valence-corrected chi connectivity index (χ4v) is 1.48. The summed E-state index contributed by atoms with van der Waals surface area (Å²) in [4.78, 5) is 8.57. The molecule has 0 aliphatic carbocycles. The van der Waals surface area contributed by atoms with Gasteiger partial charge in [-0.25, -0.2) is 4.98 Å². The van der Waals surface area contributed by atoms with Crippen LogP contribution in [0.4, 0.5) is 0 Å². The molecule has 0 aliphatic heterocycles. The molecule has 0 aromatic carbocycles. The minimum atomic E-state index is 0.770. The summed E-state index contributed by atoms with van der Waals surface area (Å²) >= 11 is 0. The van der Waals surface area contributed by atoms with Gasteiger partial charge >= 0.3 is 0 Å². The number of nitrogens with one attached hydrogen (secondary N) is 1. The van der Waals surface area contributed by atoms with Crippen molar-refractivity contribution in [3.8, 4) is 0 Å². The highest BCUT2D eigenvalue weighted by Gasteiger charge is 2.07. The van der Waals surface area contributed by atoms with Crippen LogP contribution >= 0.6 is 0 Å². The average molecular weight is 214 g/mol. The molecule has 0 unspecified atom stereocenters. The van der Waals surface area contributed by atoms with Gasteiger partial charge in [0.25, 0.3) is 0 Å². The second-order valence-electron chi connectivity index (χ2n) is 3.54. The van der Waals surface area contributed by atoms with Crippen LogP contribution in [-0.4, -0.2) is 14.4 Å². The Morgan fingerprint density at radius 2 is 2.31 bits per heavy atom. The van der Waals surface area contributed by atoms with Crippen molar-refractivity contribution in [2.45, 2.75) is 13.8 Å². The van der Waals surface area contributed by atoms with Crippen molar-refractivity contribution in [2.75, 3.05) is 0 Å². The third-order valence-electron chi connectivity index (χ3n) is 2.26. The maximum absolute atomic E-state index is 4.32. The Hall–Kier alpha value is -2.10. The van der Waals surface area contributed by atoms with Crippen molar-refractivity contribution in [1.82, 2.24) is 19.7 Å². The van der Waals surface area contributed by atoms with Crippen LogP contribution < -0.4 is 5.32 Å². The Bertz CT molecular complexity index is 551. The first-order valence-corrected chi connectivity index (χ1v) is 5.08. The van der Waals surface area contributed by atoms with Crippen LogP contribution in [0.3, 0.4) is 0 Å². The topological polar surface area (TPSA) is 42.2 Å². The largest absolute Gasteiger partial charge is 0.361 e.